The van der Waals surface area contributed by atoms with Crippen molar-refractivity contribution in [2.45, 2.75) is 31.9 Å². The van der Waals surface area contributed by atoms with Gasteiger partial charge in [-0.3, -0.25) is 4.79 Å². The highest BCUT2D eigenvalue weighted by atomic mass is 32.2. The summed E-state index contributed by atoms with van der Waals surface area (Å²) in [6.07, 6.45) is 1.08. The number of hydrogen-bond donors (Lipinski definition) is 1. The van der Waals surface area contributed by atoms with Gasteiger partial charge in [0.15, 0.2) is 0 Å². The molecule has 0 atom stereocenters. The van der Waals surface area contributed by atoms with Crippen LogP contribution in [0.25, 0.3) is 0 Å². The van der Waals surface area contributed by atoms with Crippen LogP contribution in [0.2, 0.25) is 0 Å². The molecule has 1 aliphatic heterocycles. The first-order valence-corrected chi connectivity index (χ1v) is 6.60. The lowest BCUT2D eigenvalue weighted by molar-refractivity contribution is -0.128. The molecule has 3 nitrogen and oxygen atoms in total. The lowest BCUT2D eigenvalue weighted by atomic mass is 10.3. The summed E-state index contributed by atoms with van der Waals surface area (Å²) in [7, 11) is 0. The molecule has 0 aromatic heterocycles. The Bertz CT molecular complexity index is 205. The first-order chi connectivity index (χ1) is 6.99. The molecule has 0 radical (unpaired) electrons. The normalized spacial score (nSPS) is 18.7. The molecule has 4 heteroatoms. The Labute approximate surface area is 97.0 Å². The Morgan fingerprint density at radius 2 is 2.07 bits per heavy atom. The predicted octanol–water partition coefficient (Wildman–Crippen LogP) is 1.34. The maximum absolute atomic E-state index is 11.9. The standard InChI is InChI=1S/C11H22N2OS/c1-11(2,3)15-9-10(14)13-7-4-5-12-6-8-13/h12H,4-9H2,1-3H3. The number of carbonyl (C=O) groups is 1. The predicted molar refractivity (Wildman–Crippen MR) is 66.3 cm³/mol. The van der Waals surface area contributed by atoms with Crippen LogP contribution in [0, 0.1) is 0 Å². The molecule has 1 aliphatic rings. The van der Waals surface area contributed by atoms with Crippen molar-refractivity contribution in [3.63, 3.8) is 0 Å². The lowest BCUT2D eigenvalue weighted by Crippen LogP contribution is -2.36. The first kappa shape index (κ1) is 12.8. The summed E-state index contributed by atoms with van der Waals surface area (Å²) in [6, 6.07) is 0. The van der Waals surface area contributed by atoms with E-state index < -0.39 is 0 Å². The third-order valence-electron chi connectivity index (χ3n) is 2.32. The van der Waals surface area contributed by atoms with Crippen molar-refractivity contribution in [2.75, 3.05) is 31.9 Å². The number of rotatable bonds is 2. The molecule has 1 amide bonds. The molecule has 15 heavy (non-hydrogen) atoms. The second-order valence-corrected chi connectivity index (χ2v) is 6.69. The van der Waals surface area contributed by atoms with E-state index in [2.05, 4.69) is 26.1 Å². The Kier molecular flexibility index (Phi) is 4.93. The minimum Gasteiger partial charge on any atom is -0.341 e. The zero-order valence-electron chi connectivity index (χ0n) is 10.0. The highest BCUT2D eigenvalue weighted by Crippen LogP contribution is 2.23. The molecule has 0 aromatic carbocycles. The fourth-order valence-corrected chi connectivity index (χ4v) is 2.20. The summed E-state index contributed by atoms with van der Waals surface area (Å²) in [5.74, 6) is 0.905. The molecule has 0 unspecified atom stereocenters. The minimum absolute atomic E-state index is 0.180. The molecule has 88 valence electrons. The van der Waals surface area contributed by atoms with Gasteiger partial charge in [0.2, 0.25) is 5.91 Å². The van der Waals surface area contributed by atoms with Crippen LogP contribution in [0.3, 0.4) is 0 Å². The average molecular weight is 230 g/mol. The van der Waals surface area contributed by atoms with E-state index in [4.69, 9.17) is 0 Å². The zero-order valence-corrected chi connectivity index (χ0v) is 10.8. The summed E-state index contributed by atoms with van der Waals surface area (Å²) in [5.41, 5.74) is 0. The highest BCUT2D eigenvalue weighted by molar-refractivity contribution is 8.01. The molecule has 0 aliphatic carbocycles. The van der Waals surface area contributed by atoms with E-state index in [9.17, 15) is 4.79 Å². The van der Waals surface area contributed by atoms with Gasteiger partial charge < -0.3 is 10.2 Å². The van der Waals surface area contributed by atoms with Gasteiger partial charge in [-0.2, -0.15) is 0 Å². The van der Waals surface area contributed by atoms with Gasteiger partial charge in [0.05, 0.1) is 5.75 Å². The molecule has 0 spiro atoms. The maximum Gasteiger partial charge on any atom is 0.232 e. The second kappa shape index (κ2) is 5.75. The fraction of sp³-hybridized carbons (Fsp3) is 0.909. The molecule has 1 rings (SSSR count). The molecule has 0 bridgehead atoms. The van der Waals surface area contributed by atoms with Gasteiger partial charge >= 0.3 is 0 Å². The Hall–Kier alpha value is -0.220. The van der Waals surface area contributed by atoms with Crippen LogP contribution >= 0.6 is 11.8 Å². The van der Waals surface area contributed by atoms with E-state index in [-0.39, 0.29) is 4.75 Å². The quantitative estimate of drug-likeness (QED) is 0.777. The number of hydrogen-bond acceptors (Lipinski definition) is 3. The van der Waals surface area contributed by atoms with E-state index in [1.807, 2.05) is 4.90 Å². The summed E-state index contributed by atoms with van der Waals surface area (Å²) in [4.78, 5) is 13.9. The zero-order chi connectivity index (χ0) is 11.3. The van der Waals surface area contributed by atoms with Crippen molar-refractivity contribution >= 4 is 17.7 Å². The van der Waals surface area contributed by atoms with Gasteiger partial charge in [-0.15, -0.1) is 11.8 Å². The van der Waals surface area contributed by atoms with Crippen LogP contribution in [0.4, 0.5) is 0 Å². The summed E-state index contributed by atoms with van der Waals surface area (Å²) >= 11 is 1.73. The molecule has 1 saturated heterocycles. The van der Waals surface area contributed by atoms with Crippen molar-refractivity contribution < 1.29 is 4.79 Å². The van der Waals surface area contributed by atoms with Crippen LogP contribution in [0.1, 0.15) is 27.2 Å². The van der Waals surface area contributed by atoms with Crippen molar-refractivity contribution in [2.24, 2.45) is 0 Å². The van der Waals surface area contributed by atoms with E-state index in [1.54, 1.807) is 11.8 Å². The third kappa shape index (κ3) is 5.42. The van der Waals surface area contributed by atoms with Gasteiger partial charge in [-0.1, -0.05) is 20.8 Å². The van der Waals surface area contributed by atoms with Gasteiger partial charge in [-0.25, -0.2) is 0 Å². The molecule has 1 fully saturated rings. The average Bonchev–Trinajstić information content (AvgIpc) is 2.41. The van der Waals surface area contributed by atoms with Crippen molar-refractivity contribution in [3.8, 4) is 0 Å². The molecule has 0 saturated carbocycles. The summed E-state index contributed by atoms with van der Waals surface area (Å²) in [5, 5.41) is 3.30. The van der Waals surface area contributed by atoms with Crippen molar-refractivity contribution in [1.29, 1.82) is 0 Å². The number of carbonyl (C=O) groups excluding carboxylic acids is 1. The monoisotopic (exact) mass is 230 g/mol. The first-order valence-electron chi connectivity index (χ1n) is 5.61. The maximum atomic E-state index is 11.9. The van der Waals surface area contributed by atoms with E-state index in [0.29, 0.717) is 11.7 Å². The summed E-state index contributed by atoms with van der Waals surface area (Å²) in [6.45, 7) is 10.2. The SMILES string of the molecule is CC(C)(C)SCC(=O)N1CCCNCC1. The van der Waals surface area contributed by atoms with Gasteiger partial charge in [0.25, 0.3) is 0 Å². The largest absolute Gasteiger partial charge is 0.341 e. The summed E-state index contributed by atoms with van der Waals surface area (Å²) < 4.78 is 0.180. The van der Waals surface area contributed by atoms with Crippen LogP contribution < -0.4 is 5.32 Å². The smallest absolute Gasteiger partial charge is 0.232 e. The number of thioether (sulfide) groups is 1. The second-order valence-electron chi connectivity index (χ2n) is 4.89. The Morgan fingerprint density at radius 3 is 2.73 bits per heavy atom. The Morgan fingerprint density at radius 1 is 1.33 bits per heavy atom. The lowest BCUT2D eigenvalue weighted by Gasteiger charge is -2.23. The molecule has 0 aromatic rings. The van der Waals surface area contributed by atoms with Gasteiger partial charge in [0.1, 0.15) is 0 Å². The Balaban J connectivity index is 2.32. The van der Waals surface area contributed by atoms with Crippen molar-refractivity contribution in [1.82, 2.24) is 10.2 Å². The van der Waals surface area contributed by atoms with Crippen LogP contribution in [-0.4, -0.2) is 47.5 Å². The topological polar surface area (TPSA) is 32.3 Å². The van der Waals surface area contributed by atoms with Gasteiger partial charge in [0, 0.05) is 24.4 Å². The number of nitrogens with one attached hydrogen (secondary N) is 1. The third-order valence-corrected chi connectivity index (χ3v) is 3.58. The van der Waals surface area contributed by atoms with E-state index in [0.717, 1.165) is 32.6 Å². The number of amides is 1. The molecule has 1 N–H and O–H groups in total. The van der Waals surface area contributed by atoms with E-state index >= 15 is 0 Å². The van der Waals surface area contributed by atoms with Crippen LogP contribution in [0.15, 0.2) is 0 Å². The minimum atomic E-state index is 0.180. The van der Waals surface area contributed by atoms with Crippen LogP contribution in [-0.2, 0) is 4.79 Å². The van der Waals surface area contributed by atoms with Gasteiger partial charge in [-0.05, 0) is 13.0 Å². The molecular formula is C11H22N2OS. The molecular weight excluding hydrogens is 208 g/mol. The van der Waals surface area contributed by atoms with E-state index in [1.165, 1.54) is 0 Å². The fourth-order valence-electron chi connectivity index (χ4n) is 1.46. The molecule has 1 heterocycles. The van der Waals surface area contributed by atoms with Crippen LogP contribution in [0.5, 0.6) is 0 Å². The van der Waals surface area contributed by atoms with Crippen molar-refractivity contribution in [3.05, 3.63) is 0 Å². The number of nitrogens with zero attached hydrogens (tertiary/aromatic N) is 1. The highest BCUT2D eigenvalue weighted by Gasteiger charge is 2.18.